The topological polar surface area (TPSA) is 83.4 Å². The molecular weight excluding hydrogens is 430 g/mol. The Balaban J connectivity index is 1.55. The molecule has 0 aliphatic heterocycles. The second-order valence-corrected chi connectivity index (χ2v) is 6.60. The average molecular weight is 444 g/mol. The molecule has 3 N–H and O–H groups in total. The van der Waals surface area contributed by atoms with Crippen LogP contribution in [0.3, 0.4) is 0 Å². The lowest BCUT2D eigenvalue weighted by atomic mass is 10.2. The molecule has 136 valence electrons. The number of carbonyl (C=O) groups excluding carboxylic acids is 2. The lowest BCUT2D eigenvalue weighted by Crippen LogP contribution is -2.33. The van der Waals surface area contributed by atoms with E-state index < -0.39 is 5.91 Å². The van der Waals surface area contributed by atoms with Gasteiger partial charge in [-0.3, -0.25) is 14.9 Å². The van der Waals surface area contributed by atoms with Crippen LogP contribution in [0.15, 0.2) is 75.8 Å². The maximum atomic E-state index is 12.1. The zero-order chi connectivity index (χ0) is 19.2. The Morgan fingerprint density at radius 1 is 0.815 bits per heavy atom. The Morgan fingerprint density at radius 2 is 1.44 bits per heavy atom. The van der Waals surface area contributed by atoms with E-state index in [0.717, 1.165) is 0 Å². The van der Waals surface area contributed by atoms with Gasteiger partial charge in [-0.05, 0) is 76.7 Å². The third kappa shape index (κ3) is 5.25. The van der Waals surface area contributed by atoms with Crippen molar-refractivity contribution in [2.24, 2.45) is 0 Å². The number of hydrogen-bond acceptors (Lipinski definition) is 4. The predicted molar refractivity (Wildman–Crippen MR) is 111 cm³/mol. The molecule has 0 saturated heterocycles. The SMILES string of the molecule is O=C(Nc1ccc(NC(=S)NC(=O)c2ccc(Br)o2)cc1)c1ccccc1. The summed E-state index contributed by atoms with van der Waals surface area (Å²) in [6, 6.07) is 19.0. The Kier molecular flexibility index (Phi) is 6.00. The molecular formula is C19H14BrN3O3S. The van der Waals surface area contributed by atoms with Crippen LogP contribution in [-0.2, 0) is 0 Å². The molecule has 3 rings (SSSR count). The number of benzene rings is 2. The lowest BCUT2D eigenvalue weighted by molar-refractivity contribution is 0.0948. The van der Waals surface area contributed by atoms with Crippen LogP contribution >= 0.6 is 28.1 Å². The summed E-state index contributed by atoms with van der Waals surface area (Å²) in [4.78, 5) is 24.1. The van der Waals surface area contributed by atoms with Crippen molar-refractivity contribution >= 4 is 56.4 Å². The number of rotatable bonds is 4. The number of furan rings is 1. The molecule has 0 unspecified atom stereocenters. The molecule has 0 fully saturated rings. The summed E-state index contributed by atoms with van der Waals surface area (Å²) in [5, 5.41) is 8.36. The summed E-state index contributed by atoms with van der Waals surface area (Å²) < 4.78 is 5.62. The Hall–Kier alpha value is -2.97. The minimum absolute atomic E-state index is 0.133. The van der Waals surface area contributed by atoms with Crippen molar-refractivity contribution in [2.45, 2.75) is 0 Å². The van der Waals surface area contributed by atoms with Crippen LogP contribution in [0.2, 0.25) is 0 Å². The molecule has 8 heteroatoms. The second kappa shape index (κ2) is 8.61. The molecule has 0 aliphatic carbocycles. The van der Waals surface area contributed by atoms with Crippen molar-refractivity contribution in [1.82, 2.24) is 5.32 Å². The van der Waals surface area contributed by atoms with Crippen LogP contribution in [0.5, 0.6) is 0 Å². The average Bonchev–Trinajstić information content (AvgIpc) is 3.10. The number of carbonyl (C=O) groups is 2. The second-order valence-electron chi connectivity index (χ2n) is 5.41. The van der Waals surface area contributed by atoms with E-state index in [1.54, 1.807) is 54.6 Å². The minimum atomic E-state index is -0.454. The molecule has 0 radical (unpaired) electrons. The molecule has 2 aromatic carbocycles. The van der Waals surface area contributed by atoms with Gasteiger partial charge in [0.15, 0.2) is 15.5 Å². The number of thiocarbonyl (C=S) groups is 1. The molecule has 1 aromatic heterocycles. The summed E-state index contributed by atoms with van der Waals surface area (Å²) in [5.74, 6) is -0.501. The lowest BCUT2D eigenvalue weighted by Gasteiger charge is -2.10. The summed E-state index contributed by atoms with van der Waals surface area (Å²) in [6.45, 7) is 0. The molecule has 2 amide bonds. The standard InChI is InChI=1S/C19H14BrN3O3S/c20-16-11-10-15(26-16)18(25)23-19(27)22-14-8-6-13(7-9-14)21-17(24)12-4-2-1-3-5-12/h1-11H,(H,21,24)(H2,22,23,25,27). The Bertz CT molecular complexity index is 971. The van der Waals surface area contributed by atoms with E-state index in [1.165, 1.54) is 6.07 Å². The summed E-state index contributed by atoms with van der Waals surface area (Å²) in [6.07, 6.45) is 0. The molecule has 3 aromatic rings. The number of nitrogens with one attached hydrogen (secondary N) is 3. The van der Waals surface area contributed by atoms with Gasteiger partial charge < -0.3 is 15.1 Å². The van der Waals surface area contributed by atoms with Gasteiger partial charge >= 0.3 is 0 Å². The number of halogens is 1. The first-order valence-corrected chi connectivity index (χ1v) is 9.05. The van der Waals surface area contributed by atoms with Gasteiger partial charge in [0.05, 0.1) is 0 Å². The third-order valence-electron chi connectivity index (χ3n) is 3.46. The molecule has 0 spiro atoms. The molecule has 0 aliphatic rings. The smallest absolute Gasteiger partial charge is 0.293 e. The van der Waals surface area contributed by atoms with Gasteiger partial charge in [0, 0.05) is 16.9 Å². The fourth-order valence-corrected chi connectivity index (χ4v) is 2.71. The maximum Gasteiger partial charge on any atom is 0.293 e. The van der Waals surface area contributed by atoms with Crippen LogP contribution in [0.4, 0.5) is 11.4 Å². The van der Waals surface area contributed by atoms with Crippen molar-refractivity contribution in [3.63, 3.8) is 0 Å². The van der Waals surface area contributed by atoms with Crippen LogP contribution < -0.4 is 16.0 Å². The maximum absolute atomic E-state index is 12.1. The van der Waals surface area contributed by atoms with E-state index in [1.807, 2.05) is 6.07 Å². The van der Waals surface area contributed by atoms with E-state index in [4.69, 9.17) is 16.6 Å². The van der Waals surface area contributed by atoms with Crippen LogP contribution in [0.1, 0.15) is 20.9 Å². The highest BCUT2D eigenvalue weighted by molar-refractivity contribution is 9.10. The van der Waals surface area contributed by atoms with E-state index in [9.17, 15) is 9.59 Å². The van der Waals surface area contributed by atoms with E-state index in [-0.39, 0.29) is 16.8 Å². The Morgan fingerprint density at radius 3 is 2.04 bits per heavy atom. The number of anilines is 2. The first-order valence-electron chi connectivity index (χ1n) is 7.85. The van der Waals surface area contributed by atoms with E-state index in [2.05, 4.69) is 31.9 Å². The minimum Gasteiger partial charge on any atom is -0.444 e. The molecule has 0 saturated carbocycles. The summed E-state index contributed by atoms with van der Waals surface area (Å²) in [5.41, 5.74) is 1.89. The highest BCUT2D eigenvalue weighted by Gasteiger charge is 2.12. The van der Waals surface area contributed by atoms with Gasteiger partial charge in [-0.25, -0.2) is 0 Å². The van der Waals surface area contributed by atoms with Crippen molar-refractivity contribution in [1.29, 1.82) is 0 Å². The molecule has 1 heterocycles. The molecule has 6 nitrogen and oxygen atoms in total. The van der Waals surface area contributed by atoms with Crippen LogP contribution in [0.25, 0.3) is 0 Å². The summed E-state index contributed by atoms with van der Waals surface area (Å²) in [7, 11) is 0. The van der Waals surface area contributed by atoms with Gasteiger partial charge in [-0.1, -0.05) is 18.2 Å². The molecule has 27 heavy (non-hydrogen) atoms. The predicted octanol–water partition coefficient (Wildman–Crippen LogP) is 4.42. The molecule has 0 atom stereocenters. The summed E-state index contributed by atoms with van der Waals surface area (Å²) >= 11 is 8.25. The van der Waals surface area contributed by atoms with Gasteiger partial charge in [0.25, 0.3) is 11.8 Å². The fourth-order valence-electron chi connectivity index (χ4n) is 2.19. The highest BCUT2D eigenvalue weighted by atomic mass is 79.9. The first-order chi connectivity index (χ1) is 13.0. The Labute approximate surface area is 169 Å². The van der Waals surface area contributed by atoms with Gasteiger partial charge in [0.2, 0.25) is 0 Å². The number of hydrogen-bond donors (Lipinski definition) is 3. The molecule has 0 bridgehead atoms. The van der Waals surface area contributed by atoms with Crippen molar-refractivity contribution in [3.8, 4) is 0 Å². The zero-order valence-electron chi connectivity index (χ0n) is 13.9. The van der Waals surface area contributed by atoms with E-state index >= 15 is 0 Å². The largest absolute Gasteiger partial charge is 0.444 e. The van der Waals surface area contributed by atoms with Gasteiger partial charge in [-0.15, -0.1) is 0 Å². The highest BCUT2D eigenvalue weighted by Crippen LogP contribution is 2.16. The van der Waals surface area contributed by atoms with Crippen LogP contribution in [-0.4, -0.2) is 16.9 Å². The van der Waals surface area contributed by atoms with Crippen molar-refractivity contribution < 1.29 is 14.0 Å². The fraction of sp³-hybridized carbons (Fsp3) is 0. The number of amides is 2. The zero-order valence-corrected chi connectivity index (χ0v) is 16.3. The third-order valence-corrected chi connectivity index (χ3v) is 4.09. The first kappa shape index (κ1) is 18.8. The van der Waals surface area contributed by atoms with Gasteiger partial charge in [0.1, 0.15) is 0 Å². The van der Waals surface area contributed by atoms with E-state index in [0.29, 0.717) is 21.6 Å². The van der Waals surface area contributed by atoms with Crippen molar-refractivity contribution in [2.75, 3.05) is 10.6 Å². The van der Waals surface area contributed by atoms with Crippen LogP contribution in [0, 0.1) is 0 Å². The quantitative estimate of drug-likeness (QED) is 0.519. The van der Waals surface area contributed by atoms with Crippen molar-refractivity contribution in [3.05, 3.63) is 82.7 Å². The normalized spacial score (nSPS) is 10.1. The van der Waals surface area contributed by atoms with Gasteiger partial charge in [-0.2, -0.15) is 0 Å². The monoisotopic (exact) mass is 443 g/mol.